The third-order valence-electron chi connectivity index (χ3n) is 2.90. The molecule has 4 nitrogen and oxygen atoms in total. The van der Waals surface area contributed by atoms with E-state index in [0.29, 0.717) is 0 Å². The molecule has 0 aliphatic rings. The van der Waals surface area contributed by atoms with Gasteiger partial charge >= 0.3 is 0 Å². The average molecular weight is 250 g/mol. The Bertz CT molecular complexity index is 655. The summed E-state index contributed by atoms with van der Waals surface area (Å²) in [5.74, 6) is 0. The van der Waals surface area contributed by atoms with Crippen LogP contribution in [0.5, 0.6) is 0 Å². The molecule has 0 spiro atoms. The van der Waals surface area contributed by atoms with Gasteiger partial charge in [-0.15, -0.1) is 0 Å². The summed E-state index contributed by atoms with van der Waals surface area (Å²) in [6, 6.07) is 13.6. The van der Waals surface area contributed by atoms with Crippen molar-refractivity contribution in [2.24, 2.45) is 0 Å². The molecule has 0 amide bonds. The summed E-state index contributed by atoms with van der Waals surface area (Å²) in [5, 5.41) is 4.35. The first-order chi connectivity index (χ1) is 9.22. The second kappa shape index (κ2) is 4.57. The number of hydrogen-bond donors (Lipinski definition) is 1. The number of nitrogens with two attached hydrogens (primary N) is 1. The van der Waals surface area contributed by atoms with Gasteiger partial charge < -0.3 is 5.73 Å². The Morgan fingerprint density at radius 2 is 1.95 bits per heavy atom. The molecule has 1 aromatic carbocycles. The van der Waals surface area contributed by atoms with Crippen molar-refractivity contribution < 1.29 is 0 Å². The molecule has 0 bridgehead atoms. The average Bonchev–Trinajstić information content (AvgIpc) is 2.88. The molecule has 2 heterocycles. The maximum absolute atomic E-state index is 5.78. The summed E-state index contributed by atoms with van der Waals surface area (Å²) in [7, 11) is 0. The molecule has 0 saturated carbocycles. The third kappa shape index (κ3) is 2.33. The molecule has 19 heavy (non-hydrogen) atoms. The molecular formula is C15H14N4. The van der Waals surface area contributed by atoms with E-state index in [0.717, 1.165) is 28.3 Å². The van der Waals surface area contributed by atoms with E-state index in [9.17, 15) is 0 Å². The van der Waals surface area contributed by atoms with Crippen molar-refractivity contribution in [3.05, 3.63) is 60.6 Å². The van der Waals surface area contributed by atoms with Crippen molar-refractivity contribution in [3.8, 4) is 16.9 Å². The van der Waals surface area contributed by atoms with Crippen LogP contribution in [-0.4, -0.2) is 14.8 Å². The number of pyridine rings is 1. The van der Waals surface area contributed by atoms with E-state index in [4.69, 9.17) is 5.73 Å². The highest BCUT2D eigenvalue weighted by Crippen LogP contribution is 2.19. The van der Waals surface area contributed by atoms with E-state index in [1.54, 1.807) is 4.68 Å². The molecule has 0 fully saturated rings. The van der Waals surface area contributed by atoms with Crippen LogP contribution in [0.15, 0.2) is 54.9 Å². The fourth-order valence-corrected chi connectivity index (χ4v) is 1.97. The fraction of sp³-hybridized carbons (Fsp3) is 0.0667. The van der Waals surface area contributed by atoms with Crippen molar-refractivity contribution >= 4 is 5.69 Å². The van der Waals surface area contributed by atoms with Crippen LogP contribution in [0.2, 0.25) is 0 Å². The van der Waals surface area contributed by atoms with Gasteiger partial charge in [0.1, 0.15) is 0 Å². The van der Waals surface area contributed by atoms with Crippen LogP contribution in [0.4, 0.5) is 5.69 Å². The third-order valence-corrected chi connectivity index (χ3v) is 2.90. The number of aryl methyl sites for hydroxylation is 1. The lowest BCUT2D eigenvalue weighted by molar-refractivity contribution is 0.881. The Morgan fingerprint density at radius 1 is 1.11 bits per heavy atom. The van der Waals surface area contributed by atoms with Gasteiger partial charge in [0, 0.05) is 23.1 Å². The second-order valence-electron chi connectivity index (χ2n) is 4.43. The highest BCUT2D eigenvalue weighted by molar-refractivity contribution is 5.58. The zero-order chi connectivity index (χ0) is 13.2. The van der Waals surface area contributed by atoms with Gasteiger partial charge in [-0.3, -0.25) is 4.98 Å². The van der Waals surface area contributed by atoms with Crippen LogP contribution >= 0.6 is 0 Å². The summed E-state index contributed by atoms with van der Waals surface area (Å²) in [5.41, 5.74) is 10.4. The van der Waals surface area contributed by atoms with Crippen LogP contribution in [0.1, 0.15) is 5.69 Å². The lowest BCUT2D eigenvalue weighted by Gasteiger charge is -2.01. The number of nitrogen functional groups attached to an aromatic ring is 1. The van der Waals surface area contributed by atoms with Crippen LogP contribution < -0.4 is 5.73 Å². The van der Waals surface area contributed by atoms with Crippen molar-refractivity contribution in [1.29, 1.82) is 0 Å². The van der Waals surface area contributed by atoms with Crippen LogP contribution in [0.3, 0.4) is 0 Å². The first kappa shape index (κ1) is 11.5. The standard InChI is InChI=1S/C15H14N4/c1-11-4-2-7-15(18-11)12-9-17-19(10-12)14-6-3-5-13(16)8-14/h2-10H,16H2,1H3. The topological polar surface area (TPSA) is 56.7 Å². The molecule has 2 N–H and O–H groups in total. The SMILES string of the molecule is Cc1cccc(-c2cnn(-c3cccc(N)c3)c2)n1. The van der Waals surface area contributed by atoms with Crippen molar-refractivity contribution in [1.82, 2.24) is 14.8 Å². The zero-order valence-corrected chi connectivity index (χ0v) is 10.6. The predicted octanol–water partition coefficient (Wildman–Crippen LogP) is 2.82. The van der Waals surface area contributed by atoms with Gasteiger partial charge in [0.15, 0.2) is 0 Å². The molecule has 94 valence electrons. The molecule has 0 aliphatic heterocycles. The number of aromatic nitrogens is 3. The maximum Gasteiger partial charge on any atom is 0.0736 e. The summed E-state index contributed by atoms with van der Waals surface area (Å²) in [4.78, 5) is 4.49. The van der Waals surface area contributed by atoms with Crippen LogP contribution in [0, 0.1) is 6.92 Å². The summed E-state index contributed by atoms with van der Waals surface area (Å²) < 4.78 is 1.80. The molecule has 0 unspecified atom stereocenters. The summed E-state index contributed by atoms with van der Waals surface area (Å²) >= 11 is 0. The lowest BCUT2D eigenvalue weighted by atomic mass is 10.2. The Labute approximate surface area is 111 Å². The molecule has 3 rings (SSSR count). The number of benzene rings is 1. The van der Waals surface area contributed by atoms with Crippen molar-refractivity contribution in [2.45, 2.75) is 6.92 Å². The molecule has 0 atom stereocenters. The second-order valence-corrected chi connectivity index (χ2v) is 4.43. The number of anilines is 1. The van der Waals surface area contributed by atoms with Crippen molar-refractivity contribution in [2.75, 3.05) is 5.73 Å². The first-order valence-electron chi connectivity index (χ1n) is 6.07. The number of hydrogen-bond acceptors (Lipinski definition) is 3. The molecule has 0 aliphatic carbocycles. The first-order valence-corrected chi connectivity index (χ1v) is 6.07. The molecule has 0 saturated heterocycles. The van der Waals surface area contributed by atoms with E-state index in [1.165, 1.54) is 0 Å². The summed E-state index contributed by atoms with van der Waals surface area (Å²) in [6.45, 7) is 1.98. The monoisotopic (exact) mass is 250 g/mol. The van der Waals surface area contributed by atoms with Gasteiger partial charge in [-0.1, -0.05) is 12.1 Å². The predicted molar refractivity (Wildman–Crippen MR) is 75.9 cm³/mol. The van der Waals surface area contributed by atoms with E-state index in [2.05, 4.69) is 10.1 Å². The van der Waals surface area contributed by atoms with E-state index in [1.807, 2.05) is 61.8 Å². The molecular weight excluding hydrogens is 236 g/mol. The van der Waals surface area contributed by atoms with E-state index in [-0.39, 0.29) is 0 Å². The highest BCUT2D eigenvalue weighted by Gasteiger charge is 2.04. The van der Waals surface area contributed by atoms with Gasteiger partial charge in [0.25, 0.3) is 0 Å². The summed E-state index contributed by atoms with van der Waals surface area (Å²) in [6.07, 6.45) is 3.77. The largest absolute Gasteiger partial charge is 0.399 e. The van der Waals surface area contributed by atoms with Crippen molar-refractivity contribution in [3.63, 3.8) is 0 Å². The Balaban J connectivity index is 2.00. The minimum Gasteiger partial charge on any atom is -0.399 e. The normalized spacial score (nSPS) is 10.6. The molecule has 4 heteroatoms. The van der Waals surface area contributed by atoms with Gasteiger partial charge in [0.05, 0.1) is 17.6 Å². The van der Waals surface area contributed by atoms with Gasteiger partial charge in [-0.2, -0.15) is 5.10 Å². The minimum absolute atomic E-state index is 0.725. The Kier molecular flexibility index (Phi) is 2.76. The highest BCUT2D eigenvalue weighted by atomic mass is 15.3. The van der Waals surface area contributed by atoms with E-state index >= 15 is 0 Å². The van der Waals surface area contributed by atoms with Gasteiger partial charge in [-0.05, 0) is 37.3 Å². The van der Waals surface area contributed by atoms with E-state index < -0.39 is 0 Å². The van der Waals surface area contributed by atoms with Crippen LogP contribution in [0.25, 0.3) is 16.9 Å². The number of rotatable bonds is 2. The van der Waals surface area contributed by atoms with Gasteiger partial charge in [-0.25, -0.2) is 4.68 Å². The Morgan fingerprint density at radius 3 is 2.74 bits per heavy atom. The molecule has 2 aromatic heterocycles. The number of nitrogens with zero attached hydrogens (tertiary/aromatic N) is 3. The minimum atomic E-state index is 0.725. The fourth-order valence-electron chi connectivity index (χ4n) is 1.97. The zero-order valence-electron chi connectivity index (χ0n) is 10.6. The smallest absolute Gasteiger partial charge is 0.0736 e. The van der Waals surface area contributed by atoms with Crippen LogP contribution in [-0.2, 0) is 0 Å². The maximum atomic E-state index is 5.78. The lowest BCUT2D eigenvalue weighted by Crippen LogP contribution is -1.95. The molecule has 3 aromatic rings. The molecule has 0 radical (unpaired) electrons. The van der Waals surface area contributed by atoms with Gasteiger partial charge in [0.2, 0.25) is 0 Å². The Hall–Kier alpha value is -2.62. The quantitative estimate of drug-likeness (QED) is 0.711.